The molecule has 1 heterocycles. The molecule has 2 fully saturated rings. The van der Waals surface area contributed by atoms with Gasteiger partial charge in [0.2, 0.25) is 5.91 Å². The Balaban J connectivity index is 1.54. The first kappa shape index (κ1) is 17.3. The summed E-state index contributed by atoms with van der Waals surface area (Å²) >= 11 is 0. The van der Waals surface area contributed by atoms with E-state index in [1.807, 2.05) is 19.1 Å². The zero-order valence-corrected chi connectivity index (χ0v) is 14.6. The van der Waals surface area contributed by atoms with E-state index in [2.05, 4.69) is 4.90 Å². The second kappa shape index (κ2) is 8.02. The number of ether oxygens (including phenoxy) is 1. The molecule has 1 saturated carbocycles. The molecule has 0 radical (unpaired) electrons. The number of carbonyl (C=O) groups excluding carboxylic acids is 1. The van der Waals surface area contributed by atoms with Crippen LogP contribution in [0.5, 0.6) is 5.75 Å². The molecule has 0 aromatic heterocycles. The second-order valence-corrected chi connectivity index (χ2v) is 7.23. The molecule has 0 spiro atoms. The molecular weight excluding hydrogens is 302 g/mol. The fourth-order valence-electron chi connectivity index (χ4n) is 4.02. The van der Waals surface area contributed by atoms with Crippen LogP contribution in [-0.2, 0) is 16.0 Å². The summed E-state index contributed by atoms with van der Waals surface area (Å²) in [5.74, 6) is 1.12. The molecule has 4 nitrogen and oxygen atoms in total. The van der Waals surface area contributed by atoms with E-state index in [9.17, 15) is 9.90 Å². The number of phenols is 1. The Morgan fingerprint density at radius 2 is 2.00 bits per heavy atom. The minimum Gasteiger partial charge on any atom is -0.508 e. The van der Waals surface area contributed by atoms with E-state index in [1.54, 1.807) is 12.1 Å². The summed E-state index contributed by atoms with van der Waals surface area (Å²) in [5, 5.41) is 9.42. The smallest absolute Gasteiger partial charge is 0.223 e. The lowest BCUT2D eigenvalue weighted by Gasteiger charge is -2.39. The molecule has 1 N–H and O–H groups in total. The van der Waals surface area contributed by atoms with Crippen LogP contribution in [-0.4, -0.2) is 41.2 Å². The lowest BCUT2D eigenvalue weighted by Crippen LogP contribution is -2.46. The molecule has 3 rings (SSSR count). The Morgan fingerprint density at radius 1 is 1.25 bits per heavy atom. The Hall–Kier alpha value is -1.55. The molecule has 1 atom stereocenters. The molecular formula is C20H29NO3. The predicted octanol–water partition coefficient (Wildman–Crippen LogP) is 3.52. The topological polar surface area (TPSA) is 49.8 Å². The van der Waals surface area contributed by atoms with Crippen molar-refractivity contribution in [3.05, 3.63) is 29.8 Å². The maximum atomic E-state index is 12.8. The van der Waals surface area contributed by atoms with Crippen molar-refractivity contribution < 1.29 is 14.6 Å². The largest absolute Gasteiger partial charge is 0.508 e. The number of aromatic hydroxyl groups is 1. The van der Waals surface area contributed by atoms with Gasteiger partial charge in [-0.25, -0.2) is 0 Å². The van der Waals surface area contributed by atoms with Gasteiger partial charge in [0.1, 0.15) is 5.75 Å². The number of phenolic OH excluding ortho intramolecular Hbond substituents is 1. The predicted molar refractivity (Wildman–Crippen MR) is 93.9 cm³/mol. The highest BCUT2D eigenvalue weighted by molar-refractivity contribution is 5.77. The molecule has 132 valence electrons. The van der Waals surface area contributed by atoms with Gasteiger partial charge in [0, 0.05) is 25.6 Å². The van der Waals surface area contributed by atoms with Crippen LogP contribution in [0.25, 0.3) is 0 Å². The average molecular weight is 331 g/mol. The summed E-state index contributed by atoms with van der Waals surface area (Å²) < 4.78 is 5.60. The van der Waals surface area contributed by atoms with Gasteiger partial charge in [0.25, 0.3) is 0 Å². The highest BCUT2D eigenvalue weighted by atomic mass is 16.5. The lowest BCUT2D eigenvalue weighted by atomic mass is 9.79. The van der Waals surface area contributed by atoms with Gasteiger partial charge >= 0.3 is 0 Å². The fourth-order valence-corrected chi connectivity index (χ4v) is 4.02. The average Bonchev–Trinajstić information content (AvgIpc) is 2.55. The standard InChI is InChI=1S/C20H29NO3/c1-2-24-19-12-16(13-19)14-20(23)21-10-4-3-5-17(21)11-15-6-8-18(22)9-7-15/h6-9,16-17,19,22H,2-5,10-14H2,1H3. The van der Waals surface area contributed by atoms with Crippen molar-refractivity contribution in [3.63, 3.8) is 0 Å². The first-order valence-corrected chi connectivity index (χ1v) is 9.34. The molecule has 0 bridgehead atoms. The Labute approximate surface area is 144 Å². The van der Waals surface area contributed by atoms with E-state index in [1.165, 1.54) is 12.0 Å². The minimum absolute atomic E-state index is 0.296. The fraction of sp³-hybridized carbons (Fsp3) is 0.650. The number of amides is 1. The van der Waals surface area contributed by atoms with Crippen molar-refractivity contribution in [3.8, 4) is 5.75 Å². The van der Waals surface area contributed by atoms with Crippen LogP contribution < -0.4 is 0 Å². The van der Waals surface area contributed by atoms with Gasteiger partial charge in [0.05, 0.1) is 6.10 Å². The van der Waals surface area contributed by atoms with E-state index in [-0.39, 0.29) is 0 Å². The van der Waals surface area contributed by atoms with E-state index in [4.69, 9.17) is 4.74 Å². The van der Waals surface area contributed by atoms with Crippen LogP contribution in [0, 0.1) is 5.92 Å². The first-order valence-electron chi connectivity index (χ1n) is 9.34. The molecule has 1 unspecified atom stereocenters. The van der Waals surface area contributed by atoms with Crippen molar-refractivity contribution in [2.45, 2.75) is 64.0 Å². The van der Waals surface area contributed by atoms with E-state index < -0.39 is 0 Å². The molecule has 24 heavy (non-hydrogen) atoms. The number of nitrogens with zero attached hydrogens (tertiary/aromatic N) is 1. The van der Waals surface area contributed by atoms with Crippen LogP contribution in [0.3, 0.4) is 0 Å². The van der Waals surface area contributed by atoms with E-state index in [0.29, 0.717) is 36.1 Å². The summed E-state index contributed by atoms with van der Waals surface area (Å²) in [7, 11) is 0. The molecule has 1 aromatic carbocycles. The van der Waals surface area contributed by atoms with Gasteiger partial charge in [0.15, 0.2) is 0 Å². The van der Waals surface area contributed by atoms with E-state index in [0.717, 1.165) is 45.3 Å². The zero-order chi connectivity index (χ0) is 16.9. The summed E-state index contributed by atoms with van der Waals surface area (Å²) in [4.78, 5) is 14.9. The van der Waals surface area contributed by atoms with Crippen LogP contribution in [0.15, 0.2) is 24.3 Å². The van der Waals surface area contributed by atoms with Crippen LogP contribution in [0.2, 0.25) is 0 Å². The van der Waals surface area contributed by atoms with Crippen molar-refractivity contribution in [1.29, 1.82) is 0 Å². The maximum Gasteiger partial charge on any atom is 0.223 e. The highest BCUT2D eigenvalue weighted by Gasteiger charge is 2.34. The molecule has 2 aliphatic rings. The molecule has 4 heteroatoms. The van der Waals surface area contributed by atoms with Crippen LogP contribution >= 0.6 is 0 Å². The number of piperidine rings is 1. The first-order chi connectivity index (χ1) is 11.7. The van der Waals surface area contributed by atoms with Crippen LogP contribution in [0.1, 0.15) is 51.0 Å². The summed E-state index contributed by atoms with van der Waals surface area (Å²) in [5.41, 5.74) is 1.19. The monoisotopic (exact) mass is 331 g/mol. The Morgan fingerprint density at radius 3 is 2.71 bits per heavy atom. The van der Waals surface area contributed by atoms with Crippen molar-refractivity contribution in [1.82, 2.24) is 4.90 Å². The maximum absolute atomic E-state index is 12.8. The van der Waals surface area contributed by atoms with Gasteiger partial charge in [-0.3, -0.25) is 4.79 Å². The zero-order valence-electron chi connectivity index (χ0n) is 14.6. The third-order valence-electron chi connectivity index (χ3n) is 5.41. The second-order valence-electron chi connectivity index (χ2n) is 7.23. The Kier molecular flexibility index (Phi) is 5.77. The third-order valence-corrected chi connectivity index (χ3v) is 5.41. The number of likely N-dealkylation sites (tertiary alicyclic amines) is 1. The number of carbonyl (C=O) groups is 1. The van der Waals surface area contributed by atoms with Crippen molar-refractivity contribution >= 4 is 5.91 Å². The number of rotatable bonds is 6. The molecule has 1 aromatic rings. The molecule has 1 aliphatic carbocycles. The van der Waals surface area contributed by atoms with Crippen LogP contribution in [0.4, 0.5) is 0 Å². The highest BCUT2D eigenvalue weighted by Crippen LogP contribution is 2.34. The lowest BCUT2D eigenvalue weighted by molar-refractivity contribution is -0.138. The SMILES string of the molecule is CCOC1CC(CC(=O)N2CCCCC2Cc2ccc(O)cc2)C1. The normalized spacial score (nSPS) is 26.9. The van der Waals surface area contributed by atoms with E-state index >= 15 is 0 Å². The van der Waals surface area contributed by atoms with Crippen molar-refractivity contribution in [2.75, 3.05) is 13.2 Å². The van der Waals surface area contributed by atoms with Gasteiger partial charge in [-0.15, -0.1) is 0 Å². The third kappa shape index (κ3) is 4.29. The summed E-state index contributed by atoms with van der Waals surface area (Å²) in [6.45, 7) is 3.69. The molecule has 1 amide bonds. The van der Waals surface area contributed by atoms with Gasteiger partial charge < -0.3 is 14.7 Å². The van der Waals surface area contributed by atoms with Gasteiger partial charge in [-0.1, -0.05) is 12.1 Å². The molecule has 1 saturated heterocycles. The summed E-state index contributed by atoms with van der Waals surface area (Å²) in [6.07, 6.45) is 7.41. The number of hydrogen-bond acceptors (Lipinski definition) is 3. The quantitative estimate of drug-likeness (QED) is 0.867. The Bertz CT molecular complexity index is 536. The van der Waals surface area contributed by atoms with Crippen molar-refractivity contribution in [2.24, 2.45) is 5.92 Å². The summed E-state index contributed by atoms with van der Waals surface area (Å²) in [6, 6.07) is 7.69. The van der Waals surface area contributed by atoms with Gasteiger partial charge in [-0.2, -0.15) is 0 Å². The number of benzene rings is 1. The minimum atomic E-state index is 0.296. The van der Waals surface area contributed by atoms with Gasteiger partial charge in [-0.05, 0) is 69.1 Å². The number of hydrogen-bond donors (Lipinski definition) is 1. The molecule has 1 aliphatic heterocycles.